The Morgan fingerprint density at radius 2 is 0.990 bits per heavy atom. The Balaban J connectivity index is 0.000000135. The van der Waals surface area contributed by atoms with Crippen LogP contribution >= 0.6 is 0 Å². The summed E-state index contributed by atoms with van der Waals surface area (Å²) in [7, 11) is 0. The molecule has 36 heteroatoms. The summed E-state index contributed by atoms with van der Waals surface area (Å²) in [6, 6.07) is 2.36. The fourth-order valence-corrected chi connectivity index (χ4v) is 11.5. The molecule has 7 N–H and O–H groups in total. The van der Waals surface area contributed by atoms with Gasteiger partial charge in [-0.1, -0.05) is 0 Å². The molecule has 0 radical (unpaired) electrons. The van der Waals surface area contributed by atoms with Crippen molar-refractivity contribution in [3.05, 3.63) is 158 Å². The van der Waals surface area contributed by atoms with E-state index in [0.717, 1.165) is 82.6 Å². The number of H-pyrrole nitrogens is 3. The monoisotopic (exact) mass is 1380 g/mol. The van der Waals surface area contributed by atoms with Gasteiger partial charge in [0.1, 0.15) is 53.0 Å². The van der Waals surface area contributed by atoms with Crippen LogP contribution in [0.4, 0.5) is 39.0 Å². The van der Waals surface area contributed by atoms with Crippen LogP contribution in [0.1, 0.15) is 128 Å². The summed E-state index contributed by atoms with van der Waals surface area (Å²) in [6.45, 7) is 5.10. The lowest BCUT2D eigenvalue weighted by molar-refractivity contribution is -0.0226. The maximum Gasteiger partial charge on any atom is 0.277 e. The number of hydrogen-bond acceptors (Lipinski definition) is 22. The first kappa shape index (κ1) is 66.8. The molecule has 0 saturated heterocycles. The number of aromatic nitrogens is 19. The molecule has 0 aliphatic heterocycles. The first-order chi connectivity index (χ1) is 48.6. The second-order valence-corrected chi connectivity index (χ2v) is 23.2. The largest absolute Gasteiger partial charge is 0.444 e. The average Bonchev–Trinajstić information content (AvgIpc) is 1.63. The predicted molar refractivity (Wildman–Crippen MR) is 340 cm³/mol. The van der Waals surface area contributed by atoms with Crippen LogP contribution in [0.3, 0.4) is 0 Å². The Morgan fingerprint density at radius 3 is 1.46 bits per heavy atom. The van der Waals surface area contributed by atoms with Crippen molar-refractivity contribution in [3.8, 4) is 68.5 Å². The van der Waals surface area contributed by atoms with E-state index in [-0.39, 0.29) is 93.8 Å². The molecule has 12 heterocycles. The second-order valence-electron chi connectivity index (χ2n) is 23.2. The van der Waals surface area contributed by atoms with Crippen molar-refractivity contribution in [3.63, 3.8) is 0 Å². The van der Waals surface area contributed by atoms with Crippen LogP contribution in [0.5, 0.6) is 0 Å². The van der Waals surface area contributed by atoms with Gasteiger partial charge in [0.2, 0.25) is 29.6 Å². The SMILES string of the molecule is CCOC1CC(n2cc(NC(=O)c3coc(-c4cn[nH]c4)n3)c(-c3nc(F)ccc3F)n2)C1.CCOC1CCC(n2cc(NC(=O)c3coc(-c4cn[nH]c4)n3)c(-c3nc(F)c(F)cc3F)n2)CC1.O=C(Nc1cn(C2CCC(O)CC2)nc1-c1cnccn1)c1coc(-c2cn[nH]c2)n1. The van der Waals surface area contributed by atoms with Gasteiger partial charge in [-0.2, -0.15) is 39.4 Å². The Labute approximate surface area is 561 Å². The van der Waals surface area contributed by atoms with Gasteiger partial charge in [-0.3, -0.25) is 53.7 Å². The Bertz CT molecular complexity index is 4740. The number of aliphatic hydroxyl groups excluding tert-OH is 1. The third-order valence-corrected chi connectivity index (χ3v) is 16.6. The number of rotatable bonds is 19. The zero-order valence-electron chi connectivity index (χ0n) is 53.1. The van der Waals surface area contributed by atoms with Gasteiger partial charge in [0.15, 0.2) is 34.5 Å². The number of amides is 3. The molecular weight excluding hydrogens is 1320 g/mol. The number of oxazole rings is 3. The third kappa shape index (κ3) is 15.2. The fourth-order valence-electron chi connectivity index (χ4n) is 11.5. The van der Waals surface area contributed by atoms with Crippen molar-refractivity contribution in [1.29, 1.82) is 0 Å². The maximum absolute atomic E-state index is 14.6. The van der Waals surface area contributed by atoms with Crippen LogP contribution in [0.25, 0.3) is 68.5 Å². The highest BCUT2D eigenvalue weighted by atomic mass is 19.2. The zero-order valence-corrected chi connectivity index (χ0v) is 53.1. The number of carbonyl (C=O) groups excluding carboxylic acids is 3. The summed E-state index contributed by atoms with van der Waals surface area (Å²) in [6.07, 6.45) is 30.2. The predicted octanol–water partition coefficient (Wildman–Crippen LogP) is 10.6. The molecule has 516 valence electrons. The first-order valence-corrected chi connectivity index (χ1v) is 31.7. The highest BCUT2D eigenvalue weighted by molar-refractivity contribution is 6.06. The molecule has 100 heavy (non-hydrogen) atoms. The Kier molecular flexibility index (Phi) is 20.0. The van der Waals surface area contributed by atoms with E-state index < -0.39 is 52.8 Å². The third-order valence-electron chi connectivity index (χ3n) is 16.6. The average molecular weight is 1380 g/mol. The number of aromatic amines is 3. The van der Waals surface area contributed by atoms with E-state index in [9.17, 15) is 41.4 Å². The van der Waals surface area contributed by atoms with Crippen LogP contribution in [-0.2, 0) is 9.47 Å². The number of nitrogens with zero attached hydrogens (tertiary/aromatic N) is 16. The number of nitrogens with one attached hydrogen (secondary N) is 6. The zero-order chi connectivity index (χ0) is 69.4. The van der Waals surface area contributed by atoms with E-state index in [0.29, 0.717) is 58.9 Å². The summed E-state index contributed by atoms with van der Waals surface area (Å²) in [5.74, 6) is -6.67. The molecule has 3 amide bonds. The smallest absolute Gasteiger partial charge is 0.277 e. The minimum atomic E-state index is -1.48. The van der Waals surface area contributed by atoms with Gasteiger partial charge in [0, 0.05) is 68.9 Å². The highest BCUT2D eigenvalue weighted by Crippen LogP contribution is 2.39. The molecule has 0 atom stereocenters. The van der Waals surface area contributed by atoms with Gasteiger partial charge in [0.05, 0.1) is 95.0 Å². The summed E-state index contributed by atoms with van der Waals surface area (Å²) in [4.78, 5) is 66.6. The van der Waals surface area contributed by atoms with Gasteiger partial charge in [-0.15, -0.1) is 0 Å². The van der Waals surface area contributed by atoms with E-state index in [1.54, 1.807) is 65.1 Å². The quantitative estimate of drug-likeness (QED) is 0.0292. The minimum absolute atomic E-state index is 0.00214. The highest BCUT2D eigenvalue weighted by Gasteiger charge is 2.34. The number of aliphatic hydroxyl groups is 1. The summed E-state index contributed by atoms with van der Waals surface area (Å²) < 4.78 is 103. The van der Waals surface area contributed by atoms with Crippen molar-refractivity contribution >= 4 is 34.8 Å². The number of hydrogen-bond donors (Lipinski definition) is 7. The van der Waals surface area contributed by atoms with Crippen molar-refractivity contribution in [2.45, 2.75) is 114 Å². The topological polar surface area (TPSA) is 395 Å². The molecule has 12 aromatic heterocycles. The maximum atomic E-state index is 14.6. The van der Waals surface area contributed by atoms with Gasteiger partial charge < -0.3 is 43.8 Å². The normalized spacial score (nSPS) is 18.1. The van der Waals surface area contributed by atoms with Crippen LogP contribution in [0, 0.1) is 29.3 Å². The summed E-state index contributed by atoms with van der Waals surface area (Å²) in [5, 5.41) is 50.9. The first-order valence-electron chi connectivity index (χ1n) is 31.7. The molecule has 0 aromatic carbocycles. The fraction of sp³-hybridized carbons (Fsp3) is 0.312. The van der Waals surface area contributed by atoms with Gasteiger partial charge in [-0.25, -0.2) is 38.1 Å². The minimum Gasteiger partial charge on any atom is -0.444 e. The van der Waals surface area contributed by atoms with Crippen molar-refractivity contribution in [2.24, 2.45) is 0 Å². The van der Waals surface area contributed by atoms with E-state index >= 15 is 0 Å². The van der Waals surface area contributed by atoms with Crippen LogP contribution in [-0.4, -0.2) is 149 Å². The second kappa shape index (κ2) is 29.9. The Morgan fingerprint density at radius 1 is 0.530 bits per heavy atom. The van der Waals surface area contributed by atoms with Gasteiger partial charge in [-0.05, 0) is 90.2 Å². The summed E-state index contributed by atoms with van der Waals surface area (Å²) >= 11 is 0. The standard InChI is InChI=1S/C23H22F3N7O3.C21H19F2N7O3.C20H20N8O3/c1-2-35-14-5-3-13(4-6-14)33-10-17(20(32-33)19-15(24)7-16(25)21(26)31-19)29-22(34)18-11-36-23(30-18)12-8-27-28-9-12;1-2-32-13-5-12(6-13)30-9-15(19(29-30)18-14(22)3-4-17(23)28-18)26-20(31)16-10-33-21(27-16)11-7-24-25-8-11;29-14-3-1-13(2-4-14)28-10-16(18(27-28)15-9-21-5-6-22-15)25-19(30)17-11-31-20(26-17)12-7-23-24-8-12/h7-11,13-14H,2-6H2,1H3,(H,27,28)(H,29,34);3-4,7-10,12-13H,2,5-6H2,1H3,(H,24,25)(H,26,31);5-11,13-14,29H,1-4H2,(H,23,24)(H,25,30). The van der Waals surface area contributed by atoms with Crippen molar-refractivity contribution in [2.75, 3.05) is 29.2 Å². The van der Waals surface area contributed by atoms with E-state index in [2.05, 4.69) is 96.7 Å². The summed E-state index contributed by atoms with van der Waals surface area (Å²) in [5.41, 5.74) is 2.70. The van der Waals surface area contributed by atoms with Crippen LogP contribution in [0.2, 0.25) is 0 Å². The van der Waals surface area contributed by atoms with E-state index in [1.807, 2.05) is 18.5 Å². The lowest BCUT2D eigenvalue weighted by Crippen LogP contribution is -2.33. The molecule has 3 aliphatic carbocycles. The van der Waals surface area contributed by atoms with Gasteiger partial charge >= 0.3 is 0 Å². The number of pyridine rings is 2. The lowest BCUT2D eigenvalue weighted by Gasteiger charge is -2.34. The molecule has 3 aliphatic rings. The molecule has 0 bridgehead atoms. The number of anilines is 3. The Hall–Kier alpha value is -11.8. The van der Waals surface area contributed by atoms with Crippen molar-refractivity contribution in [1.82, 2.24) is 94.8 Å². The molecule has 31 nitrogen and oxygen atoms in total. The van der Waals surface area contributed by atoms with E-state index in [1.165, 1.54) is 31.1 Å². The molecule has 15 rings (SSSR count). The molecule has 3 fully saturated rings. The number of ether oxygens (including phenoxy) is 2. The molecule has 12 aromatic rings. The molecular formula is C64H61F5N22O9. The van der Waals surface area contributed by atoms with Gasteiger partial charge in [0.25, 0.3) is 17.7 Å². The molecule has 0 spiro atoms. The lowest BCUT2D eigenvalue weighted by atomic mass is 9.89. The van der Waals surface area contributed by atoms with Crippen LogP contribution < -0.4 is 16.0 Å². The molecule has 3 saturated carbocycles. The van der Waals surface area contributed by atoms with Crippen LogP contribution in [0.15, 0.2) is 125 Å². The van der Waals surface area contributed by atoms with E-state index in [4.69, 9.17) is 22.7 Å². The van der Waals surface area contributed by atoms with Crippen molar-refractivity contribution < 1.29 is 64.2 Å². The number of halogens is 5. The molecule has 0 unspecified atom stereocenters. The number of carbonyl (C=O) groups is 3.